The third-order valence-corrected chi connectivity index (χ3v) is 8.89. The molecule has 0 saturated carbocycles. The Morgan fingerprint density at radius 2 is 0.898 bits per heavy atom. The minimum Gasteiger partial charge on any atom is -0.355 e. The molecule has 8 bridgehead atoms. The maximum atomic E-state index is 5.42. The Kier molecular flexibility index (Phi) is 7.93. The van der Waals surface area contributed by atoms with Gasteiger partial charge >= 0.3 is 0 Å². The second-order valence-electron chi connectivity index (χ2n) is 12.0. The molecule has 1 atom stereocenters. The molecular weight excluding hydrogens is 615 g/mol. The van der Waals surface area contributed by atoms with Gasteiger partial charge < -0.3 is 9.97 Å². The van der Waals surface area contributed by atoms with Gasteiger partial charge in [-0.05, 0) is 70.8 Å². The second-order valence-corrected chi connectivity index (χ2v) is 12.0. The molecule has 2 aliphatic rings. The van der Waals surface area contributed by atoms with Crippen molar-refractivity contribution in [1.29, 1.82) is 0 Å². The van der Waals surface area contributed by atoms with E-state index in [1.165, 1.54) is 0 Å². The molecule has 1 unspecified atom stereocenters. The third kappa shape index (κ3) is 5.73. The molecule has 0 radical (unpaired) electrons. The molecule has 7 aromatic rings. The van der Waals surface area contributed by atoms with Crippen LogP contribution in [-0.4, -0.2) is 19.9 Å². The molecule has 2 aliphatic heterocycles. The third-order valence-electron chi connectivity index (χ3n) is 8.89. The van der Waals surface area contributed by atoms with E-state index in [2.05, 4.69) is 180 Å². The zero-order chi connectivity index (χ0) is 31.9. The number of aromatic nitrogens is 4. The fourth-order valence-corrected chi connectivity index (χ4v) is 6.78. The van der Waals surface area contributed by atoms with Crippen LogP contribution in [0.15, 0.2) is 152 Å². The van der Waals surface area contributed by atoms with Gasteiger partial charge in [0.1, 0.15) is 0 Å². The predicted molar refractivity (Wildman–Crippen MR) is 211 cm³/mol. The van der Waals surface area contributed by atoms with E-state index in [4.69, 9.17) is 9.97 Å². The average Bonchev–Trinajstić information content (AvgIpc) is 3.94. The van der Waals surface area contributed by atoms with Gasteiger partial charge in [0.2, 0.25) is 0 Å². The number of rotatable bonds is 4. The van der Waals surface area contributed by atoms with E-state index in [1.807, 2.05) is 0 Å². The lowest BCUT2D eigenvalue weighted by Gasteiger charge is -2.12. The minimum atomic E-state index is 0. The van der Waals surface area contributed by atoms with Gasteiger partial charge in [0, 0.05) is 38.8 Å². The summed E-state index contributed by atoms with van der Waals surface area (Å²) in [6, 6.07) is 53.0. The first-order valence-corrected chi connectivity index (χ1v) is 16.2. The normalized spacial score (nSPS) is 12.0. The maximum absolute atomic E-state index is 5.42. The number of nitrogens with one attached hydrogen (secondary N) is 2. The van der Waals surface area contributed by atoms with Crippen LogP contribution in [0.3, 0.4) is 0 Å². The van der Waals surface area contributed by atoms with Crippen molar-refractivity contribution in [2.24, 2.45) is 0 Å². The van der Waals surface area contributed by atoms with E-state index in [1.54, 1.807) is 0 Å². The van der Waals surface area contributed by atoms with Crippen LogP contribution in [0.1, 0.15) is 28.3 Å². The molecule has 0 amide bonds. The van der Waals surface area contributed by atoms with Crippen LogP contribution in [0.4, 0.5) is 0 Å². The summed E-state index contributed by atoms with van der Waals surface area (Å²) in [4.78, 5) is 17.9. The zero-order valence-corrected chi connectivity index (χ0v) is 28.2. The van der Waals surface area contributed by atoms with Crippen molar-refractivity contribution in [2.75, 3.05) is 0 Å². The lowest BCUT2D eigenvalue weighted by atomic mass is 9.91. The van der Waals surface area contributed by atoms with Crippen molar-refractivity contribution in [2.45, 2.75) is 0 Å². The van der Waals surface area contributed by atoms with Gasteiger partial charge in [-0.15, -0.1) is 0 Å². The number of aromatic amines is 2. The van der Waals surface area contributed by atoms with Crippen molar-refractivity contribution in [3.05, 3.63) is 180 Å². The van der Waals surface area contributed by atoms with E-state index in [0.29, 0.717) is 0 Å². The highest BCUT2D eigenvalue weighted by Gasteiger charge is 2.24. The van der Waals surface area contributed by atoms with E-state index < -0.39 is 0 Å². The first kappa shape index (κ1) is 30.3. The lowest BCUT2D eigenvalue weighted by Crippen LogP contribution is -1.92. The van der Waals surface area contributed by atoms with Crippen LogP contribution in [0.5, 0.6) is 0 Å². The van der Waals surface area contributed by atoms with Crippen LogP contribution in [0.2, 0.25) is 0 Å². The number of fused-ring (bicyclic) bond motifs is 8. The van der Waals surface area contributed by atoms with Crippen molar-refractivity contribution >= 4 is 55.8 Å². The fourth-order valence-electron chi connectivity index (χ4n) is 6.78. The topological polar surface area (TPSA) is 57.4 Å². The van der Waals surface area contributed by atoms with Crippen molar-refractivity contribution in [3.8, 4) is 33.4 Å². The smallest absolute Gasteiger partial charge is 0.0815 e. The summed E-state index contributed by atoms with van der Waals surface area (Å²) >= 11 is 0. The molecule has 234 valence electrons. The Bertz CT molecular complexity index is 2530. The highest BCUT2D eigenvalue weighted by Crippen LogP contribution is 2.45. The summed E-state index contributed by atoms with van der Waals surface area (Å²) in [6.07, 6.45) is 6.35. The molecule has 4 aromatic carbocycles. The Morgan fingerprint density at radius 3 is 1.49 bits per heavy atom. The molecule has 0 aliphatic carbocycles. The van der Waals surface area contributed by atoms with Gasteiger partial charge in [0.15, 0.2) is 0 Å². The van der Waals surface area contributed by atoms with Gasteiger partial charge in [0.25, 0.3) is 0 Å². The lowest BCUT2D eigenvalue weighted by molar-refractivity contribution is 1.30. The molecule has 9 rings (SSSR count). The molecule has 0 spiro atoms. The van der Waals surface area contributed by atoms with Crippen molar-refractivity contribution < 1.29 is 0 Å². The van der Waals surface area contributed by atoms with Gasteiger partial charge in [-0.1, -0.05) is 121 Å². The van der Waals surface area contributed by atoms with Gasteiger partial charge in [-0.2, -0.15) is 9.90 Å². The summed E-state index contributed by atoms with van der Waals surface area (Å²) in [5.74, 6) is 0. The van der Waals surface area contributed by atoms with Crippen LogP contribution >= 0.6 is 9.90 Å². The molecule has 5 heteroatoms. The SMILES string of the molecule is C1=Cc2cc3[nH]c(c(-c4ccccc4)c4nc(cc5ccc(cc1n2)[nH]5)C=C4c1ccccc1)c(-c1ccccc1)c3-c1ccccc1.P. The largest absolute Gasteiger partial charge is 0.355 e. The molecule has 49 heavy (non-hydrogen) atoms. The first-order valence-electron chi connectivity index (χ1n) is 16.2. The van der Waals surface area contributed by atoms with Crippen LogP contribution in [-0.2, 0) is 0 Å². The predicted octanol–water partition coefficient (Wildman–Crippen LogP) is 11.1. The molecule has 2 N–H and O–H groups in total. The molecule has 0 fully saturated rings. The fraction of sp³-hybridized carbons (Fsp3) is 0. The van der Waals surface area contributed by atoms with Gasteiger partial charge in [-0.3, -0.25) is 0 Å². The van der Waals surface area contributed by atoms with Crippen LogP contribution < -0.4 is 0 Å². The van der Waals surface area contributed by atoms with E-state index in [0.717, 1.165) is 89.4 Å². The number of nitrogens with zero attached hydrogens (tertiary/aromatic N) is 2. The molecule has 3 aromatic heterocycles. The number of H-pyrrole nitrogens is 2. The summed E-state index contributed by atoms with van der Waals surface area (Å²) < 4.78 is 0. The second kappa shape index (κ2) is 12.8. The van der Waals surface area contributed by atoms with Crippen molar-refractivity contribution in [1.82, 2.24) is 19.9 Å². The molecule has 5 heterocycles. The summed E-state index contributed by atoms with van der Waals surface area (Å²) in [6.45, 7) is 0. The summed E-state index contributed by atoms with van der Waals surface area (Å²) in [7, 11) is 0. The van der Waals surface area contributed by atoms with Crippen molar-refractivity contribution in [3.63, 3.8) is 0 Å². The summed E-state index contributed by atoms with van der Waals surface area (Å²) in [5.41, 5.74) is 16.3. The highest BCUT2D eigenvalue weighted by molar-refractivity contribution is 6.92. The minimum absolute atomic E-state index is 0. The Morgan fingerprint density at radius 1 is 0.408 bits per heavy atom. The first-order chi connectivity index (χ1) is 23.8. The number of hydrogen-bond donors (Lipinski definition) is 2. The Hall–Kier alpha value is -6.09. The van der Waals surface area contributed by atoms with E-state index in [-0.39, 0.29) is 9.90 Å². The molecular formula is C44H33N4P. The van der Waals surface area contributed by atoms with E-state index >= 15 is 0 Å². The monoisotopic (exact) mass is 648 g/mol. The van der Waals surface area contributed by atoms with Crippen LogP contribution in [0, 0.1) is 0 Å². The molecule has 0 saturated heterocycles. The van der Waals surface area contributed by atoms with E-state index in [9.17, 15) is 0 Å². The van der Waals surface area contributed by atoms with Gasteiger partial charge in [0.05, 0.1) is 28.3 Å². The highest BCUT2D eigenvalue weighted by atomic mass is 31.0. The maximum Gasteiger partial charge on any atom is 0.0815 e. The number of benzene rings is 4. The summed E-state index contributed by atoms with van der Waals surface area (Å²) in [5, 5.41) is 0. The standard InChI is InChI=1S/C44H30N4.H3P/c1-5-13-29(14-6-1)38-27-37-26-35-22-21-33(45-35)25-34-23-24-36(46-34)28-39-40(30-15-7-2-8-16-30)41(31-17-9-3-10-18-31)44(48-39)42(43(38)47-37)32-19-11-4-12-20-32;/h1-28,45,48H;1H3. The van der Waals surface area contributed by atoms with Crippen LogP contribution in [0.25, 0.3) is 79.2 Å². The Labute approximate surface area is 288 Å². The number of hydrogen-bond acceptors (Lipinski definition) is 2. The quantitative estimate of drug-likeness (QED) is 0.187. The van der Waals surface area contributed by atoms with Gasteiger partial charge in [-0.25, -0.2) is 9.97 Å². The molecule has 4 nitrogen and oxygen atoms in total. The Balaban J connectivity index is 0.00000348. The zero-order valence-electron chi connectivity index (χ0n) is 26.8. The average molecular weight is 649 g/mol.